The zero-order chi connectivity index (χ0) is 35.1. The number of pyridine rings is 1. The molecular formula is C49H34N4. The molecule has 0 saturated heterocycles. The number of para-hydroxylation sites is 2. The quantitative estimate of drug-likeness (QED) is 0.168. The van der Waals surface area contributed by atoms with Crippen LogP contribution in [0.25, 0.3) is 66.3 Å². The fraction of sp³-hybridized carbons (Fsp3) is 0. The molecule has 0 aliphatic heterocycles. The van der Waals surface area contributed by atoms with Gasteiger partial charge in [0.15, 0.2) is 0 Å². The summed E-state index contributed by atoms with van der Waals surface area (Å²) in [6.45, 7) is 0. The Morgan fingerprint density at radius 1 is 0.396 bits per heavy atom. The van der Waals surface area contributed by atoms with Crippen molar-refractivity contribution in [1.29, 1.82) is 0 Å². The maximum Gasteiger partial charge on any atom is 0.0548 e. The average Bonchev–Trinajstić information content (AvgIpc) is 3.80. The van der Waals surface area contributed by atoms with E-state index < -0.39 is 0 Å². The topological polar surface area (TPSA) is 26.0 Å². The van der Waals surface area contributed by atoms with Crippen LogP contribution in [0.2, 0.25) is 0 Å². The number of fused-ring (bicyclic) bond motifs is 4. The van der Waals surface area contributed by atoms with Gasteiger partial charge in [0.2, 0.25) is 0 Å². The van der Waals surface area contributed by atoms with E-state index in [1.165, 1.54) is 43.8 Å². The second kappa shape index (κ2) is 12.9. The van der Waals surface area contributed by atoms with Crippen LogP contribution in [0.4, 0.5) is 17.1 Å². The first-order valence-electron chi connectivity index (χ1n) is 17.9. The molecule has 7 aromatic carbocycles. The van der Waals surface area contributed by atoms with Gasteiger partial charge in [-0.15, -0.1) is 0 Å². The van der Waals surface area contributed by atoms with Crippen molar-refractivity contribution in [3.05, 3.63) is 207 Å². The van der Waals surface area contributed by atoms with Crippen LogP contribution in [-0.2, 0) is 0 Å². The number of hydrogen-bond acceptors (Lipinski definition) is 2. The lowest BCUT2D eigenvalue weighted by Crippen LogP contribution is -2.10. The molecule has 53 heavy (non-hydrogen) atoms. The maximum absolute atomic E-state index is 4.35. The second-order valence-corrected chi connectivity index (χ2v) is 13.4. The predicted octanol–water partition coefficient (Wildman–Crippen LogP) is 12.9. The first-order valence-corrected chi connectivity index (χ1v) is 17.9. The number of benzene rings is 7. The molecule has 0 fully saturated rings. The van der Waals surface area contributed by atoms with Crippen molar-refractivity contribution in [2.24, 2.45) is 0 Å². The highest BCUT2D eigenvalue weighted by Crippen LogP contribution is 2.42. The van der Waals surface area contributed by atoms with Gasteiger partial charge < -0.3 is 14.0 Å². The molecule has 0 saturated carbocycles. The number of anilines is 3. The molecule has 3 heterocycles. The average molecular weight is 679 g/mol. The van der Waals surface area contributed by atoms with E-state index in [2.05, 4.69) is 207 Å². The van der Waals surface area contributed by atoms with Gasteiger partial charge in [0, 0.05) is 63.2 Å². The Labute approximate surface area is 308 Å². The molecule has 10 aromatic rings. The van der Waals surface area contributed by atoms with E-state index in [4.69, 9.17) is 0 Å². The van der Waals surface area contributed by atoms with Crippen LogP contribution in [0.5, 0.6) is 0 Å². The van der Waals surface area contributed by atoms with E-state index in [-0.39, 0.29) is 0 Å². The minimum Gasteiger partial charge on any atom is -0.317 e. The Kier molecular flexibility index (Phi) is 7.43. The highest BCUT2D eigenvalue weighted by Gasteiger charge is 2.19. The van der Waals surface area contributed by atoms with Crippen LogP contribution < -0.4 is 4.90 Å². The van der Waals surface area contributed by atoms with Crippen molar-refractivity contribution >= 4 is 49.8 Å². The van der Waals surface area contributed by atoms with Crippen molar-refractivity contribution in [2.75, 3.05) is 4.90 Å². The third kappa shape index (κ3) is 5.45. The summed E-state index contributed by atoms with van der Waals surface area (Å²) in [5, 5.41) is 3.61. The minimum atomic E-state index is 1.08. The SMILES string of the molecule is c1ccc(-c2ccc(N(c3ccc(-c4cccnc4)cc3)c3ccc4c(c3)c3cc5c(ccn5-c5ccccc5)cc3n4-c3ccccc3)cc2)cc1. The number of aromatic nitrogens is 3. The molecule has 4 heteroatoms. The molecule has 4 nitrogen and oxygen atoms in total. The van der Waals surface area contributed by atoms with Gasteiger partial charge in [0.1, 0.15) is 0 Å². The van der Waals surface area contributed by atoms with Crippen LogP contribution in [0.1, 0.15) is 0 Å². The van der Waals surface area contributed by atoms with E-state index in [1.54, 1.807) is 0 Å². The molecule has 250 valence electrons. The second-order valence-electron chi connectivity index (χ2n) is 13.4. The molecule has 0 spiro atoms. The van der Waals surface area contributed by atoms with Gasteiger partial charge in [-0.2, -0.15) is 0 Å². The van der Waals surface area contributed by atoms with E-state index in [9.17, 15) is 0 Å². The van der Waals surface area contributed by atoms with Crippen molar-refractivity contribution in [2.45, 2.75) is 0 Å². The number of nitrogens with zero attached hydrogens (tertiary/aromatic N) is 4. The Morgan fingerprint density at radius 2 is 0.962 bits per heavy atom. The van der Waals surface area contributed by atoms with Gasteiger partial charge in [0.25, 0.3) is 0 Å². The van der Waals surface area contributed by atoms with E-state index in [1.807, 2.05) is 18.5 Å². The first-order chi connectivity index (χ1) is 26.3. The van der Waals surface area contributed by atoms with Crippen molar-refractivity contribution in [3.8, 4) is 33.6 Å². The summed E-state index contributed by atoms with van der Waals surface area (Å²) in [6, 6.07) is 67.4. The van der Waals surface area contributed by atoms with Crippen LogP contribution in [-0.4, -0.2) is 14.1 Å². The van der Waals surface area contributed by atoms with Gasteiger partial charge >= 0.3 is 0 Å². The summed E-state index contributed by atoms with van der Waals surface area (Å²) in [4.78, 5) is 6.71. The molecular weight excluding hydrogens is 645 g/mol. The highest BCUT2D eigenvalue weighted by atomic mass is 15.1. The zero-order valence-electron chi connectivity index (χ0n) is 28.9. The Hall–Kier alpha value is -7.17. The molecule has 3 aromatic heterocycles. The summed E-state index contributed by atoms with van der Waals surface area (Å²) in [6.07, 6.45) is 5.90. The van der Waals surface area contributed by atoms with Gasteiger partial charge in [-0.3, -0.25) is 4.98 Å². The fourth-order valence-corrected chi connectivity index (χ4v) is 7.66. The first kappa shape index (κ1) is 30.6. The number of hydrogen-bond donors (Lipinski definition) is 0. The summed E-state index contributed by atoms with van der Waals surface area (Å²) < 4.78 is 4.68. The normalized spacial score (nSPS) is 11.4. The van der Waals surface area contributed by atoms with Gasteiger partial charge in [-0.05, 0) is 113 Å². The van der Waals surface area contributed by atoms with Crippen LogP contribution >= 0.6 is 0 Å². The van der Waals surface area contributed by atoms with Crippen LogP contribution in [0.15, 0.2) is 207 Å². The zero-order valence-corrected chi connectivity index (χ0v) is 28.9. The molecule has 0 bridgehead atoms. The van der Waals surface area contributed by atoms with E-state index in [0.29, 0.717) is 0 Å². The summed E-state index contributed by atoms with van der Waals surface area (Å²) >= 11 is 0. The smallest absolute Gasteiger partial charge is 0.0548 e. The Balaban J connectivity index is 1.18. The van der Waals surface area contributed by atoms with Gasteiger partial charge in [-0.25, -0.2) is 0 Å². The lowest BCUT2D eigenvalue weighted by Gasteiger charge is -2.26. The standard InChI is InChI=1S/C49H34N4/c1-4-11-35(12-5-1)36-18-22-42(23-19-36)52(43-24-20-37(21-25-43)39-13-10-29-50-34-39)44-26-27-47-45(32-44)46-33-48-38(28-30-51(48)40-14-6-2-7-15-40)31-49(46)53(47)41-16-8-3-9-17-41/h1-34H. The van der Waals surface area contributed by atoms with E-state index in [0.717, 1.165) is 39.6 Å². The third-order valence-electron chi connectivity index (χ3n) is 10.2. The number of rotatable bonds is 7. The fourth-order valence-electron chi connectivity index (χ4n) is 7.66. The van der Waals surface area contributed by atoms with Gasteiger partial charge in [0.05, 0.1) is 16.6 Å². The molecule has 0 N–H and O–H groups in total. The Morgan fingerprint density at radius 3 is 1.62 bits per heavy atom. The summed E-state index contributed by atoms with van der Waals surface area (Å²) in [7, 11) is 0. The van der Waals surface area contributed by atoms with Crippen molar-refractivity contribution < 1.29 is 0 Å². The summed E-state index contributed by atoms with van der Waals surface area (Å²) in [5.74, 6) is 0. The maximum atomic E-state index is 4.35. The highest BCUT2D eigenvalue weighted by molar-refractivity contribution is 6.14. The van der Waals surface area contributed by atoms with Crippen LogP contribution in [0.3, 0.4) is 0 Å². The van der Waals surface area contributed by atoms with Crippen LogP contribution in [0, 0.1) is 0 Å². The lowest BCUT2D eigenvalue weighted by atomic mass is 10.0. The lowest BCUT2D eigenvalue weighted by molar-refractivity contribution is 1.13. The predicted molar refractivity (Wildman–Crippen MR) is 221 cm³/mol. The monoisotopic (exact) mass is 678 g/mol. The van der Waals surface area contributed by atoms with Gasteiger partial charge in [-0.1, -0.05) is 97.1 Å². The molecule has 0 amide bonds. The molecule has 0 radical (unpaired) electrons. The van der Waals surface area contributed by atoms with Crippen molar-refractivity contribution in [1.82, 2.24) is 14.1 Å². The molecule has 0 aliphatic rings. The van der Waals surface area contributed by atoms with E-state index >= 15 is 0 Å². The summed E-state index contributed by atoms with van der Waals surface area (Å²) in [5.41, 5.74) is 13.7. The molecule has 0 aliphatic carbocycles. The van der Waals surface area contributed by atoms with Crippen molar-refractivity contribution in [3.63, 3.8) is 0 Å². The molecule has 10 rings (SSSR count). The molecule has 0 atom stereocenters. The molecule has 0 unspecified atom stereocenters. The Bertz CT molecular complexity index is 2760. The minimum absolute atomic E-state index is 1.08. The third-order valence-corrected chi connectivity index (χ3v) is 10.2. The largest absolute Gasteiger partial charge is 0.317 e.